The normalized spacial score (nSPS) is 19.2. The molecule has 1 aliphatic rings. The van der Waals surface area contributed by atoms with Gasteiger partial charge in [-0.25, -0.2) is 0 Å². The van der Waals surface area contributed by atoms with Crippen LogP contribution in [0.4, 0.5) is 4.79 Å². The Balaban J connectivity index is 1.91. The van der Waals surface area contributed by atoms with E-state index >= 15 is 0 Å². The van der Waals surface area contributed by atoms with Gasteiger partial charge in [0, 0.05) is 13.0 Å². The summed E-state index contributed by atoms with van der Waals surface area (Å²) in [5.74, 6) is 1.57. The third kappa shape index (κ3) is 3.03. The minimum Gasteiger partial charge on any atom is -0.497 e. The van der Waals surface area contributed by atoms with Crippen molar-refractivity contribution in [1.29, 1.82) is 0 Å². The van der Waals surface area contributed by atoms with Gasteiger partial charge in [0.05, 0.1) is 13.7 Å². The molecule has 1 aromatic rings. The number of carbonyl (C=O) groups is 1. The third-order valence-electron chi connectivity index (χ3n) is 2.76. The van der Waals surface area contributed by atoms with Crippen LogP contribution in [0.25, 0.3) is 0 Å². The fourth-order valence-corrected chi connectivity index (χ4v) is 1.98. The SMILES string of the molecule is COc1ccc(OC2CCN(C(=O)Cl)C2)cc1. The second kappa shape index (κ2) is 5.27. The maximum absolute atomic E-state index is 10.9. The Morgan fingerprint density at radius 2 is 2.00 bits per heavy atom. The zero-order valence-electron chi connectivity index (χ0n) is 9.56. The molecule has 1 atom stereocenters. The smallest absolute Gasteiger partial charge is 0.316 e. The molecule has 1 amide bonds. The number of halogens is 1. The molecule has 0 radical (unpaired) electrons. The van der Waals surface area contributed by atoms with E-state index in [4.69, 9.17) is 21.1 Å². The first-order valence-electron chi connectivity index (χ1n) is 5.44. The molecule has 1 heterocycles. The van der Waals surface area contributed by atoms with Crippen LogP contribution in [0, 0.1) is 0 Å². The van der Waals surface area contributed by atoms with E-state index in [-0.39, 0.29) is 6.10 Å². The second-order valence-electron chi connectivity index (χ2n) is 3.90. The van der Waals surface area contributed by atoms with Crippen molar-refractivity contribution in [2.45, 2.75) is 12.5 Å². The summed E-state index contributed by atoms with van der Waals surface area (Å²) in [6.07, 6.45) is 0.830. The van der Waals surface area contributed by atoms with Gasteiger partial charge in [0.25, 0.3) is 0 Å². The zero-order chi connectivity index (χ0) is 12.3. The topological polar surface area (TPSA) is 38.8 Å². The van der Waals surface area contributed by atoms with Crippen LogP contribution in [-0.2, 0) is 0 Å². The Morgan fingerprint density at radius 3 is 2.53 bits per heavy atom. The van der Waals surface area contributed by atoms with Crippen molar-refractivity contribution in [3.05, 3.63) is 24.3 Å². The quantitative estimate of drug-likeness (QED) is 0.615. The van der Waals surface area contributed by atoms with E-state index in [9.17, 15) is 4.79 Å². The highest BCUT2D eigenvalue weighted by Gasteiger charge is 2.26. The van der Waals surface area contributed by atoms with Crippen LogP contribution in [0.1, 0.15) is 6.42 Å². The number of nitrogens with zero attached hydrogens (tertiary/aromatic N) is 1. The first-order chi connectivity index (χ1) is 8.19. The number of hydrogen-bond acceptors (Lipinski definition) is 3. The van der Waals surface area contributed by atoms with Crippen LogP contribution >= 0.6 is 11.6 Å². The second-order valence-corrected chi connectivity index (χ2v) is 4.23. The lowest BCUT2D eigenvalue weighted by molar-refractivity contribution is 0.199. The van der Waals surface area contributed by atoms with E-state index in [1.807, 2.05) is 24.3 Å². The monoisotopic (exact) mass is 255 g/mol. The van der Waals surface area contributed by atoms with E-state index in [1.54, 1.807) is 12.0 Å². The van der Waals surface area contributed by atoms with Crippen molar-refractivity contribution >= 4 is 17.0 Å². The summed E-state index contributed by atoms with van der Waals surface area (Å²) in [5.41, 5.74) is 0. The molecule has 1 aliphatic heterocycles. The van der Waals surface area contributed by atoms with E-state index in [0.717, 1.165) is 17.9 Å². The van der Waals surface area contributed by atoms with Gasteiger partial charge in [-0.3, -0.25) is 4.79 Å². The lowest BCUT2D eigenvalue weighted by Gasteiger charge is -2.14. The Morgan fingerprint density at radius 1 is 1.35 bits per heavy atom. The lowest BCUT2D eigenvalue weighted by atomic mass is 10.3. The van der Waals surface area contributed by atoms with Crippen molar-refractivity contribution in [3.8, 4) is 11.5 Å². The molecular formula is C12H14ClNO3. The molecule has 1 fully saturated rings. The van der Waals surface area contributed by atoms with Crippen LogP contribution in [-0.4, -0.2) is 36.6 Å². The largest absolute Gasteiger partial charge is 0.497 e. The molecule has 0 aliphatic carbocycles. The van der Waals surface area contributed by atoms with Gasteiger partial charge in [-0.15, -0.1) is 0 Å². The first kappa shape index (κ1) is 12.0. The van der Waals surface area contributed by atoms with Gasteiger partial charge in [0.15, 0.2) is 0 Å². The summed E-state index contributed by atoms with van der Waals surface area (Å²) in [7, 11) is 1.62. The summed E-state index contributed by atoms with van der Waals surface area (Å²) in [6, 6.07) is 7.39. The van der Waals surface area contributed by atoms with Gasteiger partial charge < -0.3 is 14.4 Å². The molecule has 0 N–H and O–H groups in total. The molecule has 92 valence electrons. The average Bonchev–Trinajstić information content (AvgIpc) is 2.79. The number of likely N-dealkylation sites (tertiary alicyclic amines) is 1. The molecule has 1 aromatic carbocycles. The van der Waals surface area contributed by atoms with Gasteiger partial charge in [-0.1, -0.05) is 0 Å². The van der Waals surface area contributed by atoms with Crippen molar-refractivity contribution in [2.24, 2.45) is 0 Å². The molecule has 1 saturated heterocycles. The Labute approximate surface area is 105 Å². The molecule has 4 nitrogen and oxygen atoms in total. The summed E-state index contributed by atoms with van der Waals surface area (Å²) < 4.78 is 10.8. The highest BCUT2D eigenvalue weighted by atomic mass is 35.5. The van der Waals surface area contributed by atoms with Crippen molar-refractivity contribution in [1.82, 2.24) is 4.90 Å². The van der Waals surface area contributed by atoms with Crippen LogP contribution in [0.15, 0.2) is 24.3 Å². The lowest BCUT2D eigenvalue weighted by Crippen LogP contribution is -2.26. The van der Waals surface area contributed by atoms with Crippen LogP contribution in [0.2, 0.25) is 0 Å². The van der Waals surface area contributed by atoms with Gasteiger partial charge in [-0.2, -0.15) is 0 Å². The molecular weight excluding hydrogens is 242 g/mol. The van der Waals surface area contributed by atoms with Crippen LogP contribution in [0.3, 0.4) is 0 Å². The summed E-state index contributed by atoms with van der Waals surface area (Å²) in [5, 5.41) is -0.411. The van der Waals surface area contributed by atoms with E-state index in [2.05, 4.69) is 0 Å². The predicted octanol–water partition coefficient (Wildman–Crippen LogP) is 2.51. The minimum atomic E-state index is -0.411. The minimum absolute atomic E-state index is 0.0195. The highest BCUT2D eigenvalue weighted by Crippen LogP contribution is 2.21. The van der Waals surface area contributed by atoms with Gasteiger partial charge in [0.2, 0.25) is 0 Å². The van der Waals surface area contributed by atoms with Gasteiger partial charge in [0.1, 0.15) is 17.6 Å². The number of ether oxygens (including phenoxy) is 2. The van der Waals surface area contributed by atoms with E-state index in [1.165, 1.54) is 0 Å². The maximum atomic E-state index is 10.9. The number of hydrogen-bond donors (Lipinski definition) is 0. The molecule has 17 heavy (non-hydrogen) atoms. The standard InChI is InChI=1S/C12H14ClNO3/c1-16-9-2-4-10(5-3-9)17-11-6-7-14(8-11)12(13)15/h2-5,11H,6-8H2,1H3. The molecule has 5 heteroatoms. The van der Waals surface area contributed by atoms with Gasteiger partial charge in [-0.05, 0) is 35.9 Å². The van der Waals surface area contributed by atoms with Crippen LogP contribution in [0.5, 0.6) is 11.5 Å². The average molecular weight is 256 g/mol. The number of amides is 1. The molecule has 0 spiro atoms. The van der Waals surface area contributed by atoms with Crippen LogP contribution < -0.4 is 9.47 Å². The van der Waals surface area contributed by atoms with E-state index < -0.39 is 5.37 Å². The predicted molar refractivity (Wildman–Crippen MR) is 64.8 cm³/mol. The highest BCUT2D eigenvalue weighted by molar-refractivity contribution is 6.62. The van der Waals surface area contributed by atoms with Crippen molar-refractivity contribution in [2.75, 3.05) is 20.2 Å². The number of benzene rings is 1. The van der Waals surface area contributed by atoms with E-state index in [0.29, 0.717) is 13.1 Å². The fourth-order valence-electron chi connectivity index (χ4n) is 1.83. The first-order valence-corrected chi connectivity index (χ1v) is 5.82. The number of methoxy groups -OCH3 is 1. The Kier molecular flexibility index (Phi) is 3.74. The molecule has 0 saturated carbocycles. The molecule has 1 unspecified atom stereocenters. The summed E-state index contributed by atoms with van der Waals surface area (Å²) in [4.78, 5) is 12.5. The Hall–Kier alpha value is -1.42. The molecule has 0 bridgehead atoms. The third-order valence-corrected chi connectivity index (χ3v) is 2.99. The van der Waals surface area contributed by atoms with Crippen molar-refractivity contribution < 1.29 is 14.3 Å². The fraction of sp³-hybridized carbons (Fsp3) is 0.417. The summed E-state index contributed by atoms with van der Waals surface area (Å²) >= 11 is 5.41. The van der Waals surface area contributed by atoms with Crippen molar-refractivity contribution in [3.63, 3.8) is 0 Å². The number of rotatable bonds is 3. The maximum Gasteiger partial charge on any atom is 0.316 e. The summed E-state index contributed by atoms with van der Waals surface area (Å²) in [6.45, 7) is 1.21. The van der Waals surface area contributed by atoms with Gasteiger partial charge >= 0.3 is 5.37 Å². The zero-order valence-corrected chi connectivity index (χ0v) is 10.3. The Bertz CT molecular complexity index is 393. The molecule has 0 aromatic heterocycles. The molecule has 2 rings (SSSR count). The number of carbonyl (C=O) groups excluding carboxylic acids is 1.